The van der Waals surface area contributed by atoms with Crippen LogP contribution in [0.3, 0.4) is 0 Å². The summed E-state index contributed by atoms with van der Waals surface area (Å²) in [5.74, 6) is 0.769. The largest absolute Gasteiger partial charge is 0.377 e. The molecule has 1 amide bonds. The van der Waals surface area contributed by atoms with Gasteiger partial charge in [-0.3, -0.25) is 4.79 Å². The Morgan fingerprint density at radius 3 is 2.40 bits per heavy atom. The highest BCUT2D eigenvalue weighted by Gasteiger charge is 2.48. The van der Waals surface area contributed by atoms with Gasteiger partial charge in [0.25, 0.3) is 0 Å². The van der Waals surface area contributed by atoms with Crippen LogP contribution < -0.4 is 10.6 Å². The average Bonchev–Trinajstić information content (AvgIpc) is 2.35. The average molecular weight is 284 g/mol. The third kappa shape index (κ3) is 4.74. The van der Waals surface area contributed by atoms with Crippen LogP contribution in [0.5, 0.6) is 0 Å². The molecule has 1 aliphatic rings. The lowest BCUT2D eigenvalue weighted by atomic mass is 9.64. The standard InChI is InChI=1S/C16H32N2O2/c1-11(2)10-20-14-9-13(16(14,5)6)17-7-8-18-15(19)12(3)4/h11-14,17H,7-10H2,1-6H3,(H,18,19). The van der Waals surface area contributed by atoms with Gasteiger partial charge in [-0.05, 0) is 12.3 Å². The van der Waals surface area contributed by atoms with E-state index in [1.807, 2.05) is 13.8 Å². The predicted octanol–water partition coefficient (Wildman–Crippen LogP) is 2.19. The predicted molar refractivity (Wildman–Crippen MR) is 82.6 cm³/mol. The number of ether oxygens (including phenoxy) is 1. The smallest absolute Gasteiger partial charge is 0.222 e. The quantitative estimate of drug-likeness (QED) is 0.672. The van der Waals surface area contributed by atoms with Crippen LogP contribution in [0.4, 0.5) is 0 Å². The number of rotatable bonds is 8. The summed E-state index contributed by atoms with van der Waals surface area (Å²) in [5.41, 5.74) is 0.178. The first-order valence-corrected chi connectivity index (χ1v) is 7.87. The van der Waals surface area contributed by atoms with Crippen molar-refractivity contribution in [2.45, 2.75) is 60.1 Å². The van der Waals surface area contributed by atoms with Gasteiger partial charge in [-0.25, -0.2) is 0 Å². The van der Waals surface area contributed by atoms with E-state index in [-0.39, 0.29) is 17.2 Å². The Kier molecular flexibility index (Phi) is 6.46. The number of amides is 1. The second-order valence-electron chi connectivity index (χ2n) is 7.23. The first-order chi connectivity index (χ1) is 9.25. The molecule has 1 saturated carbocycles. The second kappa shape index (κ2) is 7.41. The maximum atomic E-state index is 11.4. The lowest BCUT2D eigenvalue weighted by molar-refractivity contribution is -0.125. The van der Waals surface area contributed by atoms with Crippen molar-refractivity contribution in [3.05, 3.63) is 0 Å². The molecule has 0 aliphatic heterocycles. The molecular formula is C16H32N2O2. The topological polar surface area (TPSA) is 50.4 Å². The summed E-state index contributed by atoms with van der Waals surface area (Å²) in [4.78, 5) is 11.4. The zero-order valence-corrected chi connectivity index (χ0v) is 14.0. The normalized spacial score (nSPS) is 24.8. The molecule has 0 heterocycles. The molecule has 1 aliphatic carbocycles. The van der Waals surface area contributed by atoms with E-state index < -0.39 is 0 Å². The summed E-state index contributed by atoms with van der Waals surface area (Å²) in [6.07, 6.45) is 1.42. The zero-order valence-electron chi connectivity index (χ0n) is 14.0. The van der Waals surface area contributed by atoms with Crippen LogP contribution in [0.15, 0.2) is 0 Å². The van der Waals surface area contributed by atoms with Gasteiger partial charge in [0.05, 0.1) is 6.10 Å². The minimum absolute atomic E-state index is 0.0592. The third-order valence-corrected chi connectivity index (χ3v) is 4.15. The Morgan fingerprint density at radius 1 is 1.25 bits per heavy atom. The number of carbonyl (C=O) groups excluding carboxylic acids is 1. The van der Waals surface area contributed by atoms with Crippen molar-refractivity contribution < 1.29 is 9.53 Å². The monoisotopic (exact) mass is 284 g/mol. The Morgan fingerprint density at radius 2 is 1.90 bits per heavy atom. The highest BCUT2D eigenvalue weighted by molar-refractivity contribution is 5.77. The van der Waals surface area contributed by atoms with Crippen LogP contribution in [-0.2, 0) is 9.53 Å². The molecule has 4 nitrogen and oxygen atoms in total. The fraction of sp³-hybridized carbons (Fsp3) is 0.938. The Hall–Kier alpha value is -0.610. The van der Waals surface area contributed by atoms with E-state index in [4.69, 9.17) is 4.74 Å². The molecule has 2 unspecified atom stereocenters. The molecule has 2 N–H and O–H groups in total. The minimum atomic E-state index is 0.0592. The van der Waals surface area contributed by atoms with Crippen molar-refractivity contribution in [2.24, 2.45) is 17.3 Å². The summed E-state index contributed by atoms with van der Waals surface area (Å²) >= 11 is 0. The molecule has 1 rings (SSSR count). The number of carbonyl (C=O) groups is 1. The van der Waals surface area contributed by atoms with E-state index in [2.05, 4.69) is 38.3 Å². The summed E-state index contributed by atoms with van der Waals surface area (Å²) in [6, 6.07) is 0.482. The highest BCUT2D eigenvalue weighted by Crippen LogP contribution is 2.42. The Labute approximate surface area is 124 Å². The summed E-state index contributed by atoms with van der Waals surface area (Å²) in [7, 11) is 0. The lowest BCUT2D eigenvalue weighted by Gasteiger charge is -2.52. The van der Waals surface area contributed by atoms with Crippen LogP contribution >= 0.6 is 0 Å². The van der Waals surface area contributed by atoms with E-state index in [1.54, 1.807) is 0 Å². The molecule has 0 aromatic carbocycles. The van der Waals surface area contributed by atoms with Gasteiger partial charge in [0, 0.05) is 37.1 Å². The van der Waals surface area contributed by atoms with Crippen LogP contribution in [-0.4, -0.2) is 37.7 Å². The summed E-state index contributed by atoms with van der Waals surface area (Å²) in [6.45, 7) is 15.0. The van der Waals surface area contributed by atoms with Crippen molar-refractivity contribution in [1.29, 1.82) is 0 Å². The molecule has 0 spiro atoms. The van der Waals surface area contributed by atoms with Gasteiger partial charge >= 0.3 is 0 Å². The SMILES string of the molecule is CC(C)COC1CC(NCCNC(=O)C(C)C)C1(C)C. The molecule has 2 atom stereocenters. The minimum Gasteiger partial charge on any atom is -0.377 e. The Balaban J connectivity index is 2.19. The second-order valence-corrected chi connectivity index (χ2v) is 7.23. The third-order valence-electron chi connectivity index (χ3n) is 4.15. The van der Waals surface area contributed by atoms with Crippen LogP contribution in [0.1, 0.15) is 48.0 Å². The zero-order chi connectivity index (χ0) is 15.3. The fourth-order valence-electron chi connectivity index (χ4n) is 2.46. The fourth-order valence-corrected chi connectivity index (χ4v) is 2.46. The maximum Gasteiger partial charge on any atom is 0.222 e. The van der Waals surface area contributed by atoms with Crippen LogP contribution in [0.2, 0.25) is 0 Å². The molecular weight excluding hydrogens is 252 g/mol. The van der Waals surface area contributed by atoms with E-state index in [9.17, 15) is 4.79 Å². The van der Waals surface area contributed by atoms with Gasteiger partial charge < -0.3 is 15.4 Å². The van der Waals surface area contributed by atoms with Crippen molar-refractivity contribution >= 4 is 5.91 Å². The molecule has 0 radical (unpaired) electrons. The van der Waals surface area contributed by atoms with Crippen LogP contribution in [0, 0.1) is 17.3 Å². The maximum absolute atomic E-state index is 11.4. The van der Waals surface area contributed by atoms with Gasteiger partial charge in [0.1, 0.15) is 0 Å². The van der Waals surface area contributed by atoms with E-state index in [0.29, 0.717) is 24.6 Å². The first kappa shape index (κ1) is 17.4. The number of nitrogens with one attached hydrogen (secondary N) is 2. The summed E-state index contributed by atoms with van der Waals surface area (Å²) in [5, 5.41) is 6.46. The van der Waals surface area contributed by atoms with Crippen molar-refractivity contribution in [3.8, 4) is 0 Å². The first-order valence-electron chi connectivity index (χ1n) is 7.87. The molecule has 0 saturated heterocycles. The Bertz CT molecular complexity index is 314. The molecule has 0 bridgehead atoms. The molecule has 0 aromatic rings. The van der Waals surface area contributed by atoms with Gasteiger partial charge in [-0.15, -0.1) is 0 Å². The van der Waals surface area contributed by atoms with Gasteiger partial charge in [-0.1, -0.05) is 41.5 Å². The van der Waals surface area contributed by atoms with Gasteiger partial charge in [-0.2, -0.15) is 0 Å². The van der Waals surface area contributed by atoms with Crippen molar-refractivity contribution in [2.75, 3.05) is 19.7 Å². The van der Waals surface area contributed by atoms with E-state index in [0.717, 1.165) is 19.6 Å². The molecule has 20 heavy (non-hydrogen) atoms. The van der Waals surface area contributed by atoms with E-state index in [1.165, 1.54) is 0 Å². The molecule has 0 aromatic heterocycles. The number of hydrogen-bond donors (Lipinski definition) is 2. The highest BCUT2D eigenvalue weighted by atomic mass is 16.5. The van der Waals surface area contributed by atoms with Gasteiger partial charge in [0.2, 0.25) is 5.91 Å². The summed E-state index contributed by atoms with van der Waals surface area (Å²) < 4.78 is 5.95. The van der Waals surface area contributed by atoms with Crippen molar-refractivity contribution in [3.63, 3.8) is 0 Å². The molecule has 118 valence electrons. The van der Waals surface area contributed by atoms with E-state index >= 15 is 0 Å². The molecule has 4 heteroatoms. The lowest BCUT2D eigenvalue weighted by Crippen LogP contribution is -2.61. The van der Waals surface area contributed by atoms with Crippen molar-refractivity contribution in [1.82, 2.24) is 10.6 Å². The molecule has 1 fully saturated rings. The number of hydrogen-bond acceptors (Lipinski definition) is 3. The van der Waals surface area contributed by atoms with Crippen LogP contribution in [0.25, 0.3) is 0 Å². The van der Waals surface area contributed by atoms with Gasteiger partial charge in [0.15, 0.2) is 0 Å².